The van der Waals surface area contributed by atoms with Gasteiger partial charge in [0, 0.05) is 18.7 Å². The van der Waals surface area contributed by atoms with Crippen molar-refractivity contribution in [3.63, 3.8) is 0 Å². The van der Waals surface area contributed by atoms with Crippen LogP contribution in [0.3, 0.4) is 0 Å². The van der Waals surface area contributed by atoms with Gasteiger partial charge in [0.15, 0.2) is 6.20 Å². The molecule has 20 heavy (non-hydrogen) atoms. The standard InChI is InChI=1S/C14H20N4O2/c19-18(20)14-6-5-13(9-16-14)17(12-3-4-12)10-11-2-1-7-15-8-11/h5-6,9,11-12,15H,1-4,7-8,10H2. The molecule has 2 aliphatic rings. The van der Waals surface area contributed by atoms with Gasteiger partial charge in [0.1, 0.15) is 0 Å². The molecule has 2 fully saturated rings. The Morgan fingerprint density at radius 3 is 2.80 bits per heavy atom. The van der Waals surface area contributed by atoms with E-state index < -0.39 is 4.92 Å². The van der Waals surface area contributed by atoms with Crippen LogP contribution in [0.1, 0.15) is 25.7 Å². The second-order valence-corrected chi connectivity index (χ2v) is 5.73. The maximum absolute atomic E-state index is 10.7. The Morgan fingerprint density at radius 2 is 2.25 bits per heavy atom. The molecule has 1 unspecified atom stereocenters. The summed E-state index contributed by atoms with van der Waals surface area (Å²) in [5, 5.41) is 14.1. The van der Waals surface area contributed by atoms with E-state index in [0.29, 0.717) is 12.0 Å². The molecule has 1 aliphatic carbocycles. The summed E-state index contributed by atoms with van der Waals surface area (Å²) in [6, 6.07) is 3.93. The number of piperidine rings is 1. The van der Waals surface area contributed by atoms with Crippen molar-refractivity contribution >= 4 is 11.5 Å². The molecule has 3 rings (SSSR count). The van der Waals surface area contributed by atoms with Gasteiger partial charge in [0.2, 0.25) is 0 Å². The number of anilines is 1. The first-order chi connectivity index (χ1) is 9.74. The van der Waals surface area contributed by atoms with Crippen molar-refractivity contribution in [1.82, 2.24) is 10.3 Å². The van der Waals surface area contributed by atoms with Crippen LogP contribution in [0.2, 0.25) is 0 Å². The molecule has 1 aliphatic heterocycles. The van der Waals surface area contributed by atoms with Gasteiger partial charge >= 0.3 is 5.82 Å². The summed E-state index contributed by atoms with van der Waals surface area (Å²) in [4.78, 5) is 16.5. The molecule has 0 radical (unpaired) electrons. The predicted octanol–water partition coefficient (Wildman–Crippen LogP) is 1.96. The molecule has 1 aromatic rings. The van der Waals surface area contributed by atoms with Crippen LogP contribution in [0.4, 0.5) is 11.5 Å². The molecule has 1 aromatic heterocycles. The second kappa shape index (κ2) is 5.75. The third-order valence-corrected chi connectivity index (χ3v) is 4.09. The maximum atomic E-state index is 10.7. The van der Waals surface area contributed by atoms with E-state index >= 15 is 0 Å². The number of nitrogens with one attached hydrogen (secondary N) is 1. The first-order valence-corrected chi connectivity index (χ1v) is 7.32. The minimum Gasteiger partial charge on any atom is -0.365 e. The Labute approximate surface area is 118 Å². The molecule has 1 saturated heterocycles. The fraction of sp³-hybridized carbons (Fsp3) is 0.643. The summed E-state index contributed by atoms with van der Waals surface area (Å²) in [7, 11) is 0. The lowest BCUT2D eigenvalue weighted by Gasteiger charge is -2.31. The number of hydrogen-bond acceptors (Lipinski definition) is 5. The van der Waals surface area contributed by atoms with Gasteiger partial charge in [-0.05, 0) is 60.7 Å². The molecule has 6 nitrogen and oxygen atoms in total. The Bertz CT molecular complexity index is 467. The van der Waals surface area contributed by atoms with Crippen molar-refractivity contribution in [3.05, 3.63) is 28.4 Å². The summed E-state index contributed by atoms with van der Waals surface area (Å²) in [5.74, 6) is 0.586. The normalized spacial score (nSPS) is 22.5. The third kappa shape index (κ3) is 3.07. The Morgan fingerprint density at radius 1 is 1.40 bits per heavy atom. The van der Waals surface area contributed by atoms with Crippen molar-refractivity contribution in [3.8, 4) is 0 Å². The fourth-order valence-electron chi connectivity index (χ4n) is 2.87. The van der Waals surface area contributed by atoms with Gasteiger partial charge in [-0.25, -0.2) is 0 Å². The maximum Gasteiger partial charge on any atom is 0.363 e. The number of pyridine rings is 1. The van der Waals surface area contributed by atoms with Crippen LogP contribution in [0.25, 0.3) is 0 Å². The molecule has 0 spiro atoms. The van der Waals surface area contributed by atoms with Crippen LogP contribution in [-0.4, -0.2) is 35.6 Å². The Kier molecular flexibility index (Phi) is 3.82. The predicted molar refractivity (Wildman–Crippen MR) is 76.9 cm³/mol. The first kappa shape index (κ1) is 13.3. The Balaban J connectivity index is 1.71. The number of hydrogen-bond donors (Lipinski definition) is 1. The van der Waals surface area contributed by atoms with Crippen LogP contribution in [-0.2, 0) is 0 Å². The summed E-state index contributed by atoms with van der Waals surface area (Å²) < 4.78 is 0. The SMILES string of the molecule is O=[N+]([O-])c1ccc(N(CC2CCCNC2)C2CC2)cn1. The van der Waals surface area contributed by atoms with Gasteiger partial charge in [-0.1, -0.05) is 0 Å². The van der Waals surface area contributed by atoms with E-state index in [-0.39, 0.29) is 5.82 Å². The summed E-state index contributed by atoms with van der Waals surface area (Å²) in [6.07, 6.45) is 6.58. The summed E-state index contributed by atoms with van der Waals surface area (Å²) in [6.45, 7) is 3.22. The molecule has 1 saturated carbocycles. The van der Waals surface area contributed by atoms with E-state index in [0.717, 1.165) is 25.3 Å². The molecule has 1 N–H and O–H groups in total. The summed E-state index contributed by atoms with van der Waals surface area (Å²) in [5.41, 5.74) is 1.02. The zero-order valence-electron chi connectivity index (χ0n) is 11.5. The summed E-state index contributed by atoms with van der Waals surface area (Å²) >= 11 is 0. The molecule has 0 bridgehead atoms. The largest absolute Gasteiger partial charge is 0.365 e. The van der Waals surface area contributed by atoms with E-state index in [9.17, 15) is 10.1 Å². The van der Waals surface area contributed by atoms with Gasteiger partial charge in [0.05, 0.1) is 5.69 Å². The average molecular weight is 276 g/mol. The molecular weight excluding hydrogens is 256 g/mol. The topological polar surface area (TPSA) is 71.3 Å². The van der Waals surface area contributed by atoms with Crippen LogP contribution >= 0.6 is 0 Å². The van der Waals surface area contributed by atoms with E-state index in [1.165, 1.54) is 31.7 Å². The highest BCUT2D eigenvalue weighted by molar-refractivity contribution is 5.48. The molecule has 0 amide bonds. The van der Waals surface area contributed by atoms with Crippen molar-refractivity contribution < 1.29 is 4.92 Å². The molecule has 6 heteroatoms. The highest BCUT2D eigenvalue weighted by Gasteiger charge is 2.32. The highest BCUT2D eigenvalue weighted by atomic mass is 16.6. The third-order valence-electron chi connectivity index (χ3n) is 4.09. The lowest BCUT2D eigenvalue weighted by molar-refractivity contribution is -0.389. The molecule has 1 atom stereocenters. The number of nitro groups is 1. The van der Waals surface area contributed by atoms with Gasteiger partial charge in [-0.3, -0.25) is 0 Å². The van der Waals surface area contributed by atoms with Crippen LogP contribution in [0, 0.1) is 16.0 Å². The number of aromatic nitrogens is 1. The lowest BCUT2D eigenvalue weighted by Crippen LogP contribution is -2.39. The quantitative estimate of drug-likeness (QED) is 0.657. The van der Waals surface area contributed by atoms with Crippen LogP contribution in [0.15, 0.2) is 18.3 Å². The monoisotopic (exact) mass is 276 g/mol. The second-order valence-electron chi connectivity index (χ2n) is 5.73. The lowest BCUT2D eigenvalue weighted by atomic mass is 9.99. The van der Waals surface area contributed by atoms with Gasteiger partial charge in [-0.15, -0.1) is 0 Å². The van der Waals surface area contributed by atoms with Crippen molar-refractivity contribution in [2.45, 2.75) is 31.7 Å². The van der Waals surface area contributed by atoms with E-state index in [4.69, 9.17) is 0 Å². The van der Waals surface area contributed by atoms with E-state index in [1.807, 2.05) is 6.07 Å². The van der Waals surface area contributed by atoms with E-state index in [1.54, 1.807) is 6.20 Å². The van der Waals surface area contributed by atoms with Crippen LogP contribution < -0.4 is 10.2 Å². The average Bonchev–Trinajstić information content (AvgIpc) is 3.30. The van der Waals surface area contributed by atoms with Gasteiger partial charge in [0.25, 0.3) is 0 Å². The van der Waals surface area contributed by atoms with Crippen molar-refractivity contribution in [2.24, 2.45) is 5.92 Å². The first-order valence-electron chi connectivity index (χ1n) is 7.32. The fourth-order valence-corrected chi connectivity index (χ4v) is 2.87. The molecule has 108 valence electrons. The zero-order valence-corrected chi connectivity index (χ0v) is 11.5. The smallest absolute Gasteiger partial charge is 0.363 e. The molecular formula is C14H20N4O2. The van der Waals surface area contributed by atoms with E-state index in [2.05, 4.69) is 15.2 Å². The highest BCUT2D eigenvalue weighted by Crippen LogP contribution is 2.33. The minimum atomic E-state index is -0.448. The van der Waals surface area contributed by atoms with Crippen LogP contribution in [0.5, 0.6) is 0 Å². The number of rotatable bonds is 5. The van der Waals surface area contributed by atoms with Crippen molar-refractivity contribution in [1.29, 1.82) is 0 Å². The van der Waals surface area contributed by atoms with Gasteiger partial charge in [-0.2, -0.15) is 0 Å². The molecule has 2 heterocycles. The molecule has 0 aromatic carbocycles. The Hall–Kier alpha value is -1.69. The van der Waals surface area contributed by atoms with Gasteiger partial charge < -0.3 is 20.3 Å². The van der Waals surface area contributed by atoms with Crippen molar-refractivity contribution in [2.75, 3.05) is 24.5 Å². The minimum absolute atomic E-state index is 0.0798. The zero-order chi connectivity index (χ0) is 13.9. The number of nitrogens with zero attached hydrogens (tertiary/aromatic N) is 3.